The molecular formula is C26H38N4O5. The Hall–Kier alpha value is -2.94. The number of imide groups is 1. The van der Waals surface area contributed by atoms with Crippen LogP contribution in [0.5, 0.6) is 0 Å². The number of nitrogens with zero attached hydrogens (tertiary/aromatic N) is 1. The zero-order valence-electron chi connectivity index (χ0n) is 21.4. The van der Waals surface area contributed by atoms with Gasteiger partial charge in [0, 0.05) is 48.3 Å². The first kappa shape index (κ1) is 26.7. The van der Waals surface area contributed by atoms with E-state index in [1.54, 1.807) is 11.0 Å². The molecule has 0 aliphatic carbocycles. The van der Waals surface area contributed by atoms with Gasteiger partial charge >= 0.3 is 0 Å². The summed E-state index contributed by atoms with van der Waals surface area (Å²) in [6.07, 6.45) is 1.14. The maximum atomic E-state index is 13.0. The molecule has 9 nitrogen and oxygen atoms in total. The van der Waals surface area contributed by atoms with E-state index >= 15 is 0 Å². The minimum atomic E-state index is -0.636. The molecule has 3 atom stereocenters. The Morgan fingerprint density at radius 1 is 1.26 bits per heavy atom. The number of rotatable bonds is 11. The monoisotopic (exact) mass is 486 g/mol. The van der Waals surface area contributed by atoms with Crippen LogP contribution in [-0.2, 0) is 25.7 Å². The van der Waals surface area contributed by atoms with Gasteiger partial charge in [0.05, 0.1) is 18.6 Å². The molecule has 2 aliphatic rings. The van der Waals surface area contributed by atoms with Gasteiger partial charge in [-0.05, 0) is 31.9 Å². The van der Waals surface area contributed by atoms with E-state index in [0.717, 1.165) is 17.7 Å². The summed E-state index contributed by atoms with van der Waals surface area (Å²) in [5.74, 6) is -1.13. The van der Waals surface area contributed by atoms with Crippen LogP contribution in [-0.4, -0.2) is 60.4 Å². The molecule has 3 unspecified atom stereocenters. The lowest BCUT2D eigenvalue weighted by atomic mass is 9.93. The summed E-state index contributed by atoms with van der Waals surface area (Å²) < 4.78 is 6.17. The van der Waals surface area contributed by atoms with Crippen molar-refractivity contribution in [3.05, 3.63) is 29.3 Å². The van der Waals surface area contributed by atoms with Crippen LogP contribution in [0, 0.1) is 11.3 Å². The fourth-order valence-electron chi connectivity index (χ4n) is 4.59. The highest BCUT2D eigenvalue weighted by Crippen LogP contribution is 2.33. The predicted octanol–water partition coefficient (Wildman–Crippen LogP) is 2.45. The average molecular weight is 487 g/mol. The van der Waals surface area contributed by atoms with Gasteiger partial charge in [-0.15, -0.1) is 0 Å². The Morgan fingerprint density at radius 2 is 2.00 bits per heavy atom. The van der Waals surface area contributed by atoms with Gasteiger partial charge in [-0.25, -0.2) is 0 Å². The molecule has 3 N–H and O–H groups in total. The molecular weight excluding hydrogens is 448 g/mol. The van der Waals surface area contributed by atoms with Gasteiger partial charge in [0.2, 0.25) is 17.7 Å². The molecule has 4 amide bonds. The molecule has 2 aliphatic heterocycles. The zero-order valence-corrected chi connectivity index (χ0v) is 21.4. The highest BCUT2D eigenvalue weighted by Gasteiger charge is 2.40. The first-order valence-electron chi connectivity index (χ1n) is 12.5. The fourth-order valence-corrected chi connectivity index (χ4v) is 4.59. The quantitative estimate of drug-likeness (QED) is 0.414. The van der Waals surface area contributed by atoms with Crippen LogP contribution in [0.1, 0.15) is 69.8 Å². The third-order valence-electron chi connectivity index (χ3n) is 6.75. The van der Waals surface area contributed by atoms with Crippen LogP contribution in [0.2, 0.25) is 0 Å². The lowest BCUT2D eigenvalue weighted by molar-refractivity contribution is -0.137. The minimum Gasteiger partial charge on any atom is -0.384 e. The van der Waals surface area contributed by atoms with E-state index in [9.17, 15) is 19.2 Å². The van der Waals surface area contributed by atoms with Crippen LogP contribution < -0.4 is 16.0 Å². The largest absolute Gasteiger partial charge is 0.384 e. The van der Waals surface area contributed by atoms with Crippen molar-refractivity contribution in [1.29, 1.82) is 0 Å². The Balaban J connectivity index is 1.62. The van der Waals surface area contributed by atoms with Crippen LogP contribution in [0.3, 0.4) is 0 Å². The molecule has 192 valence electrons. The molecule has 0 bridgehead atoms. The lowest BCUT2D eigenvalue weighted by Crippen LogP contribution is -2.52. The Morgan fingerprint density at radius 3 is 2.66 bits per heavy atom. The van der Waals surface area contributed by atoms with Gasteiger partial charge in [-0.3, -0.25) is 24.5 Å². The first-order chi connectivity index (χ1) is 16.6. The summed E-state index contributed by atoms with van der Waals surface area (Å²) in [6, 6.07) is 4.90. The van der Waals surface area contributed by atoms with Crippen molar-refractivity contribution < 1.29 is 23.9 Å². The van der Waals surface area contributed by atoms with Gasteiger partial charge in [-0.1, -0.05) is 33.8 Å². The number of benzene rings is 1. The first-order valence-corrected chi connectivity index (χ1v) is 12.5. The summed E-state index contributed by atoms with van der Waals surface area (Å²) in [5.41, 5.74) is 2.05. The van der Waals surface area contributed by atoms with Crippen LogP contribution in [0.15, 0.2) is 18.2 Å². The van der Waals surface area contributed by atoms with Crippen molar-refractivity contribution >= 4 is 29.3 Å². The maximum absolute atomic E-state index is 13.0. The smallest absolute Gasteiger partial charge is 0.255 e. The second-order valence-corrected chi connectivity index (χ2v) is 10.2. The molecule has 1 fully saturated rings. The molecule has 1 saturated heterocycles. The number of amides is 4. The Bertz CT molecular complexity index is 976. The van der Waals surface area contributed by atoms with Crippen molar-refractivity contribution in [2.24, 2.45) is 11.3 Å². The molecule has 0 saturated carbocycles. The Labute approximate surface area is 207 Å². The van der Waals surface area contributed by atoms with Gasteiger partial charge in [0.1, 0.15) is 6.04 Å². The molecule has 0 spiro atoms. The minimum absolute atomic E-state index is 0.000337. The third kappa shape index (κ3) is 6.20. The third-order valence-corrected chi connectivity index (χ3v) is 6.75. The number of nitrogens with one attached hydrogen (secondary N) is 3. The van der Waals surface area contributed by atoms with E-state index in [2.05, 4.69) is 29.8 Å². The number of anilines is 1. The highest BCUT2D eigenvalue weighted by atomic mass is 16.5. The van der Waals surface area contributed by atoms with E-state index in [4.69, 9.17) is 4.74 Å². The second kappa shape index (κ2) is 11.2. The second-order valence-electron chi connectivity index (χ2n) is 10.2. The van der Waals surface area contributed by atoms with Gasteiger partial charge < -0.3 is 20.3 Å². The molecule has 35 heavy (non-hydrogen) atoms. The number of hydrogen-bond acceptors (Lipinski definition) is 6. The number of carbonyl (C=O) groups is 4. The number of ether oxygens (including phenoxy) is 1. The zero-order chi connectivity index (χ0) is 25.8. The summed E-state index contributed by atoms with van der Waals surface area (Å²) in [5, 5.41) is 8.66. The van der Waals surface area contributed by atoms with Crippen LogP contribution in [0.4, 0.5) is 5.69 Å². The number of piperidine rings is 1. The predicted molar refractivity (Wildman–Crippen MR) is 133 cm³/mol. The fraction of sp³-hybridized carbons (Fsp3) is 0.615. The summed E-state index contributed by atoms with van der Waals surface area (Å²) >= 11 is 0. The van der Waals surface area contributed by atoms with Gasteiger partial charge in [0.25, 0.3) is 5.91 Å². The molecule has 2 heterocycles. The molecule has 1 aromatic rings. The summed E-state index contributed by atoms with van der Waals surface area (Å²) in [7, 11) is 0. The van der Waals surface area contributed by atoms with E-state index in [0.29, 0.717) is 38.2 Å². The number of carbonyl (C=O) groups excluding carboxylic acids is 4. The number of fused-ring (bicyclic) bond motifs is 1. The van der Waals surface area contributed by atoms with E-state index in [1.165, 1.54) is 0 Å². The van der Waals surface area contributed by atoms with Crippen LogP contribution >= 0.6 is 0 Å². The van der Waals surface area contributed by atoms with Crippen LogP contribution in [0.25, 0.3) is 0 Å². The molecule has 3 rings (SSSR count). The SMILES string of the molecule is CCNC(=O)C(C)C(CC)OCC(C)(C)CNc1cccc2c1CN(C1CCC(=O)NC1=O)C2=O. The van der Waals surface area contributed by atoms with E-state index < -0.39 is 11.9 Å². The average Bonchev–Trinajstić information content (AvgIpc) is 3.15. The van der Waals surface area contributed by atoms with Crippen molar-refractivity contribution in [3.63, 3.8) is 0 Å². The summed E-state index contributed by atoms with van der Waals surface area (Å²) in [4.78, 5) is 50.6. The van der Waals surface area contributed by atoms with Gasteiger partial charge in [-0.2, -0.15) is 0 Å². The highest BCUT2D eigenvalue weighted by molar-refractivity contribution is 6.06. The van der Waals surface area contributed by atoms with Gasteiger partial charge in [0.15, 0.2) is 0 Å². The number of hydrogen-bond donors (Lipinski definition) is 3. The summed E-state index contributed by atoms with van der Waals surface area (Å²) in [6.45, 7) is 12.0. The maximum Gasteiger partial charge on any atom is 0.255 e. The van der Waals surface area contributed by atoms with Crippen molar-refractivity contribution in [1.82, 2.24) is 15.5 Å². The van der Waals surface area contributed by atoms with E-state index in [1.807, 2.05) is 32.9 Å². The standard InChI is InChI=1S/C26H38N4O5/c1-6-21(16(3)23(32)27-7-2)35-15-26(4,5)14-28-19-10-8-9-17-18(19)13-30(25(17)34)20-11-12-22(31)29-24(20)33/h8-10,16,20-21,28H,6-7,11-15H2,1-5H3,(H,27,32)(H,29,31,33). The normalized spacial score (nSPS) is 19.7. The van der Waals surface area contributed by atoms with Crippen molar-refractivity contribution in [2.45, 2.75) is 72.6 Å². The topological polar surface area (TPSA) is 117 Å². The van der Waals surface area contributed by atoms with Crippen molar-refractivity contribution in [3.8, 4) is 0 Å². The molecule has 0 radical (unpaired) electrons. The van der Waals surface area contributed by atoms with E-state index in [-0.39, 0.29) is 41.6 Å². The molecule has 1 aromatic carbocycles. The Kier molecular flexibility index (Phi) is 8.53. The lowest BCUT2D eigenvalue weighted by Gasteiger charge is -2.30. The molecule has 9 heteroatoms. The molecule has 0 aromatic heterocycles. The van der Waals surface area contributed by atoms with Crippen molar-refractivity contribution in [2.75, 3.05) is 25.0 Å².